The van der Waals surface area contributed by atoms with E-state index in [2.05, 4.69) is 4.90 Å². The van der Waals surface area contributed by atoms with Gasteiger partial charge in [-0.3, -0.25) is 4.90 Å². The number of benzene rings is 2. The molecule has 0 unspecified atom stereocenters. The Morgan fingerprint density at radius 3 is 2.17 bits per heavy atom. The number of hydrogen-bond acceptors (Lipinski definition) is 6. The van der Waals surface area contributed by atoms with Crippen molar-refractivity contribution in [1.29, 1.82) is 0 Å². The van der Waals surface area contributed by atoms with Gasteiger partial charge in [-0.25, -0.2) is 8.42 Å². The van der Waals surface area contributed by atoms with E-state index in [0.717, 1.165) is 5.56 Å². The van der Waals surface area contributed by atoms with Crippen molar-refractivity contribution >= 4 is 9.84 Å². The lowest BCUT2D eigenvalue weighted by Gasteiger charge is -2.36. The minimum Gasteiger partial charge on any atom is -0.395 e. The second-order valence-corrected chi connectivity index (χ2v) is 10.7. The molecule has 2 heterocycles. The second-order valence-electron chi connectivity index (χ2n) is 8.53. The summed E-state index contributed by atoms with van der Waals surface area (Å²) in [7, 11) is -3.79. The summed E-state index contributed by atoms with van der Waals surface area (Å²) >= 11 is 0. The van der Waals surface area contributed by atoms with E-state index < -0.39 is 39.6 Å². The number of sulfone groups is 1. The average Bonchev–Trinajstić information content (AvgIpc) is 3.16. The summed E-state index contributed by atoms with van der Waals surface area (Å²) in [6.45, 7) is 5.78. The molecule has 0 radical (unpaired) electrons. The summed E-state index contributed by atoms with van der Waals surface area (Å²) in [5.41, 5.74) is 1.07. The second kappa shape index (κ2) is 8.05. The fourth-order valence-electron chi connectivity index (χ4n) is 4.75. The fourth-order valence-corrected chi connectivity index (χ4v) is 6.51. The Bertz CT molecular complexity index is 964. The van der Waals surface area contributed by atoms with Gasteiger partial charge in [0, 0.05) is 12.6 Å². The number of nitrogens with zero attached hydrogens (tertiary/aromatic N) is 1. The van der Waals surface area contributed by atoms with Crippen LogP contribution in [0, 0.1) is 0 Å². The SMILES string of the molecule is C[C@@H]1[C@H]2OC(C)(C)O[C@H]2[C@H]([C@H](CO)S(=O)(=O)c2ccccc2)N1Cc1ccccc1. The van der Waals surface area contributed by atoms with Crippen molar-refractivity contribution in [3.63, 3.8) is 0 Å². The molecule has 2 aromatic carbocycles. The van der Waals surface area contributed by atoms with E-state index in [9.17, 15) is 13.5 Å². The molecule has 0 aromatic heterocycles. The summed E-state index contributed by atoms with van der Waals surface area (Å²) in [4.78, 5) is 2.32. The molecule has 7 heteroatoms. The van der Waals surface area contributed by atoms with Gasteiger partial charge in [-0.1, -0.05) is 48.5 Å². The average molecular weight is 432 g/mol. The highest BCUT2D eigenvalue weighted by Crippen LogP contribution is 2.43. The van der Waals surface area contributed by atoms with E-state index in [0.29, 0.717) is 6.54 Å². The lowest BCUT2D eigenvalue weighted by Crippen LogP contribution is -2.52. The first-order chi connectivity index (χ1) is 14.2. The van der Waals surface area contributed by atoms with Gasteiger partial charge in [0.05, 0.1) is 17.5 Å². The highest BCUT2D eigenvalue weighted by Gasteiger charge is 2.60. The normalized spacial score (nSPS) is 29.6. The number of aliphatic hydroxyl groups is 1. The van der Waals surface area contributed by atoms with Crippen molar-refractivity contribution in [1.82, 2.24) is 4.90 Å². The summed E-state index contributed by atoms with van der Waals surface area (Å²) in [6.07, 6.45) is -0.719. The molecule has 162 valence electrons. The van der Waals surface area contributed by atoms with Crippen LogP contribution in [0.5, 0.6) is 0 Å². The first-order valence-electron chi connectivity index (χ1n) is 10.3. The van der Waals surface area contributed by atoms with Crippen molar-refractivity contribution in [2.45, 2.75) is 67.5 Å². The van der Waals surface area contributed by atoms with Crippen molar-refractivity contribution in [2.24, 2.45) is 0 Å². The van der Waals surface area contributed by atoms with Gasteiger partial charge in [-0.15, -0.1) is 0 Å². The molecular weight excluding hydrogens is 402 g/mol. The van der Waals surface area contributed by atoms with Gasteiger partial charge in [0.15, 0.2) is 15.6 Å². The van der Waals surface area contributed by atoms with Crippen LogP contribution in [0.2, 0.25) is 0 Å². The zero-order chi connectivity index (χ0) is 21.5. The van der Waals surface area contributed by atoms with Gasteiger partial charge >= 0.3 is 0 Å². The first-order valence-corrected chi connectivity index (χ1v) is 11.8. The van der Waals surface area contributed by atoms with Gasteiger partial charge in [-0.2, -0.15) is 0 Å². The van der Waals surface area contributed by atoms with Crippen LogP contribution in [-0.4, -0.2) is 60.4 Å². The minimum absolute atomic E-state index is 0.0676. The molecule has 0 saturated carbocycles. The molecule has 6 nitrogen and oxygen atoms in total. The molecule has 2 aliphatic heterocycles. The smallest absolute Gasteiger partial charge is 0.185 e. The van der Waals surface area contributed by atoms with Gasteiger partial charge in [0.25, 0.3) is 0 Å². The molecule has 30 heavy (non-hydrogen) atoms. The standard InChI is InChI=1S/C23H29NO5S/c1-16-21-22(29-23(2,3)28-21)20(24(16)14-17-10-6-4-7-11-17)19(15-25)30(26,27)18-12-8-5-9-13-18/h4-13,16,19-22,25H,14-15H2,1-3H3/t16-,19+,20+,21-,22+/m1/s1. The summed E-state index contributed by atoms with van der Waals surface area (Å²) in [6, 6.07) is 17.6. The molecule has 0 aliphatic carbocycles. The molecule has 2 saturated heterocycles. The van der Waals surface area contributed by atoms with Gasteiger partial charge in [-0.05, 0) is 38.5 Å². The zero-order valence-electron chi connectivity index (χ0n) is 17.5. The molecule has 0 bridgehead atoms. The van der Waals surface area contributed by atoms with Crippen LogP contribution in [0.25, 0.3) is 0 Å². The highest BCUT2D eigenvalue weighted by atomic mass is 32.2. The monoisotopic (exact) mass is 431 g/mol. The molecule has 0 amide bonds. The predicted molar refractivity (Wildman–Crippen MR) is 114 cm³/mol. The Morgan fingerprint density at radius 2 is 1.57 bits per heavy atom. The topological polar surface area (TPSA) is 76.1 Å². The quantitative estimate of drug-likeness (QED) is 0.758. The molecule has 1 N–H and O–H groups in total. The first kappa shape index (κ1) is 21.5. The van der Waals surface area contributed by atoms with Crippen LogP contribution < -0.4 is 0 Å². The third-order valence-corrected chi connectivity index (χ3v) is 8.28. The Labute approximate surface area is 178 Å². The predicted octanol–water partition coefficient (Wildman–Crippen LogP) is 2.61. The fraction of sp³-hybridized carbons (Fsp3) is 0.478. The summed E-state index contributed by atoms with van der Waals surface area (Å²) in [5, 5.41) is 9.27. The number of rotatable bonds is 6. The van der Waals surface area contributed by atoms with Gasteiger partial charge in [0.1, 0.15) is 17.5 Å². The third-order valence-electron chi connectivity index (χ3n) is 6.12. The van der Waals surface area contributed by atoms with Gasteiger partial charge in [0.2, 0.25) is 0 Å². The number of hydrogen-bond donors (Lipinski definition) is 1. The molecular formula is C23H29NO5S. The van der Waals surface area contributed by atoms with E-state index in [4.69, 9.17) is 9.47 Å². The number of ether oxygens (including phenoxy) is 2. The van der Waals surface area contributed by atoms with E-state index in [1.165, 1.54) is 0 Å². The summed E-state index contributed by atoms with van der Waals surface area (Å²) < 4.78 is 39.4. The Kier molecular flexibility index (Phi) is 5.76. The van der Waals surface area contributed by atoms with Crippen LogP contribution in [0.4, 0.5) is 0 Å². The van der Waals surface area contributed by atoms with Crippen LogP contribution in [0.1, 0.15) is 26.3 Å². The largest absolute Gasteiger partial charge is 0.395 e. The maximum Gasteiger partial charge on any atom is 0.185 e. The van der Waals surface area contributed by atoms with Crippen LogP contribution in [-0.2, 0) is 25.9 Å². The maximum atomic E-state index is 13.5. The molecule has 2 fully saturated rings. The minimum atomic E-state index is -3.79. The molecule has 2 aliphatic rings. The van der Waals surface area contributed by atoms with Crippen LogP contribution in [0.15, 0.2) is 65.6 Å². The number of likely N-dealkylation sites (tertiary alicyclic amines) is 1. The molecule has 5 atom stereocenters. The Hall–Kier alpha value is -1.77. The number of aliphatic hydroxyl groups excluding tert-OH is 1. The Balaban J connectivity index is 1.75. The van der Waals surface area contributed by atoms with Crippen molar-refractivity contribution in [2.75, 3.05) is 6.61 Å². The highest BCUT2D eigenvalue weighted by molar-refractivity contribution is 7.92. The lowest BCUT2D eigenvalue weighted by molar-refractivity contribution is -0.168. The van der Waals surface area contributed by atoms with Crippen molar-refractivity contribution in [3.05, 3.63) is 66.2 Å². The van der Waals surface area contributed by atoms with E-state index in [1.54, 1.807) is 30.3 Å². The van der Waals surface area contributed by atoms with E-state index >= 15 is 0 Å². The Morgan fingerprint density at radius 1 is 1.00 bits per heavy atom. The lowest BCUT2D eigenvalue weighted by atomic mass is 10.1. The maximum absolute atomic E-state index is 13.5. The molecule has 4 rings (SSSR count). The van der Waals surface area contributed by atoms with E-state index in [1.807, 2.05) is 51.1 Å². The molecule has 0 spiro atoms. The zero-order valence-corrected chi connectivity index (χ0v) is 18.3. The summed E-state index contributed by atoms with van der Waals surface area (Å²) in [5.74, 6) is -0.794. The van der Waals surface area contributed by atoms with E-state index in [-0.39, 0.29) is 17.0 Å². The van der Waals surface area contributed by atoms with Crippen molar-refractivity contribution < 1.29 is 23.0 Å². The van der Waals surface area contributed by atoms with Gasteiger partial charge < -0.3 is 14.6 Å². The third kappa shape index (κ3) is 3.81. The van der Waals surface area contributed by atoms with Crippen LogP contribution >= 0.6 is 0 Å². The van der Waals surface area contributed by atoms with Crippen molar-refractivity contribution in [3.8, 4) is 0 Å². The van der Waals surface area contributed by atoms with Crippen LogP contribution in [0.3, 0.4) is 0 Å². The number of fused-ring (bicyclic) bond motifs is 1. The molecule has 2 aromatic rings.